The molecule has 0 amide bonds. The van der Waals surface area contributed by atoms with Crippen molar-refractivity contribution in [2.24, 2.45) is 0 Å². The molecule has 0 saturated carbocycles. The Morgan fingerprint density at radius 2 is 2.00 bits per heavy atom. The van der Waals surface area contributed by atoms with Crippen LogP contribution in [0, 0.1) is 10.1 Å². The normalized spacial score (nSPS) is 10.7. The van der Waals surface area contributed by atoms with Gasteiger partial charge in [0.05, 0.1) is 12.0 Å². The van der Waals surface area contributed by atoms with Crippen LogP contribution in [0.25, 0.3) is 10.9 Å². The second-order valence-electron chi connectivity index (χ2n) is 3.33. The Bertz CT molecular complexity index is 661. The zero-order valence-corrected chi connectivity index (χ0v) is 11.2. The Morgan fingerprint density at radius 3 is 2.56 bits per heavy atom. The summed E-state index contributed by atoms with van der Waals surface area (Å²) in [6.45, 7) is 0. The first-order valence-electron chi connectivity index (χ1n) is 4.62. The van der Waals surface area contributed by atoms with Gasteiger partial charge in [0.1, 0.15) is 16.3 Å². The molecule has 0 spiro atoms. The summed E-state index contributed by atoms with van der Waals surface area (Å²) in [6.07, 6.45) is 0. The largest absolute Gasteiger partial charge is 0.494 e. The van der Waals surface area contributed by atoms with E-state index in [1.165, 1.54) is 19.2 Å². The average molecular weight is 308 g/mol. The number of nitrogens with zero attached hydrogens (tertiary/aromatic N) is 2. The number of nitro groups is 1. The number of ether oxygens (including phenoxy) is 1. The van der Waals surface area contributed by atoms with Gasteiger partial charge in [-0.15, -0.1) is 0 Å². The van der Waals surface area contributed by atoms with Gasteiger partial charge in [0, 0.05) is 16.5 Å². The van der Waals surface area contributed by atoms with Crippen LogP contribution in [-0.4, -0.2) is 17.0 Å². The van der Waals surface area contributed by atoms with Gasteiger partial charge in [0.2, 0.25) is 5.15 Å². The highest BCUT2D eigenvalue weighted by molar-refractivity contribution is 6.42. The second-order valence-corrected chi connectivity index (χ2v) is 4.50. The van der Waals surface area contributed by atoms with E-state index in [2.05, 4.69) is 4.98 Å². The monoisotopic (exact) mass is 306 g/mol. The van der Waals surface area contributed by atoms with Gasteiger partial charge in [0.25, 0.3) is 0 Å². The van der Waals surface area contributed by atoms with E-state index in [1.807, 2.05) is 0 Å². The molecule has 5 nitrogen and oxygen atoms in total. The topological polar surface area (TPSA) is 65.3 Å². The van der Waals surface area contributed by atoms with Crippen LogP contribution in [-0.2, 0) is 0 Å². The van der Waals surface area contributed by atoms with Crippen LogP contribution in [0.3, 0.4) is 0 Å². The van der Waals surface area contributed by atoms with Crippen LogP contribution in [0.1, 0.15) is 0 Å². The number of aromatic nitrogens is 1. The van der Waals surface area contributed by atoms with Crippen molar-refractivity contribution in [2.75, 3.05) is 7.11 Å². The van der Waals surface area contributed by atoms with E-state index < -0.39 is 10.6 Å². The molecule has 0 atom stereocenters. The predicted octanol–water partition coefficient (Wildman–Crippen LogP) is 4.11. The third kappa shape index (κ3) is 2.05. The van der Waals surface area contributed by atoms with Crippen molar-refractivity contribution in [1.29, 1.82) is 0 Å². The Hall–Kier alpha value is -1.30. The van der Waals surface area contributed by atoms with E-state index in [-0.39, 0.29) is 10.2 Å². The Labute approximate surface area is 116 Å². The van der Waals surface area contributed by atoms with E-state index >= 15 is 0 Å². The highest BCUT2D eigenvalue weighted by atomic mass is 35.5. The van der Waals surface area contributed by atoms with Gasteiger partial charge >= 0.3 is 5.69 Å². The van der Waals surface area contributed by atoms with Gasteiger partial charge in [-0.1, -0.05) is 34.8 Å². The summed E-state index contributed by atoms with van der Waals surface area (Å²) >= 11 is 17.6. The third-order valence-electron chi connectivity index (χ3n) is 2.29. The lowest BCUT2D eigenvalue weighted by Crippen LogP contribution is -1.96. The van der Waals surface area contributed by atoms with Crippen molar-refractivity contribution in [3.8, 4) is 5.75 Å². The number of pyridine rings is 1. The Balaban J connectivity index is 2.95. The van der Waals surface area contributed by atoms with Crippen molar-refractivity contribution in [3.63, 3.8) is 0 Å². The highest BCUT2D eigenvalue weighted by Crippen LogP contribution is 2.40. The minimum absolute atomic E-state index is 0.115. The molecule has 0 aliphatic heterocycles. The number of hydrogen-bond donors (Lipinski definition) is 0. The summed E-state index contributed by atoms with van der Waals surface area (Å²) in [6, 6.07) is 2.99. The second kappa shape index (κ2) is 4.76. The molecular weight excluding hydrogens is 302 g/mol. The fraction of sp³-hybridized carbons (Fsp3) is 0.100. The maximum atomic E-state index is 10.9. The van der Waals surface area contributed by atoms with E-state index in [4.69, 9.17) is 39.5 Å². The van der Waals surface area contributed by atoms with Gasteiger partial charge in [-0.3, -0.25) is 10.1 Å². The predicted molar refractivity (Wildman–Crippen MR) is 70.0 cm³/mol. The number of hydrogen-bond acceptors (Lipinski definition) is 4. The van der Waals surface area contributed by atoms with Crippen molar-refractivity contribution in [3.05, 3.63) is 37.4 Å². The first-order valence-corrected chi connectivity index (χ1v) is 5.75. The molecule has 1 aromatic heterocycles. The average Bonchev–Trinajstić information content (AvgIpc) is 2.29. The molecule has 1 heterocycles. The molecule has 94 valence electrons. The number of methoxy groups -OCH3 is 1. The zero-order valence-electron chi connectivity index (χ0n) is 8.91. The maximum absolute atomic E-state index is 10.9. The van der Waals surface area contributed by atoms with Crippen LogP contribution in [0.5, 0.6) is 5.75 Å². The Morgan fingerprint density at radius 1 is 1.33 bits per heavy atom. The Kier molecular flexibility index (Phi) is 3.47. The lowest BCUT2D eigenvalue weighted by Gasteiger charge is -2.08. The standard InChI is InChI=1S/C10H5Cl3N2O3/c1-18-6-3-4(11)2-5-7(12)9(15(16)17)10(13)14-8(5)6/h2-3H,1H3. The van der Waals surface area contributed by atoms with Crippen molar-refractivity contribution in [2.45, 2.75) is 0 Å². The van der Waals surface area contributed by atoms with Gasteiger partial charge < -0.3 is 4.74 Å². The fourth-order valence-electron chi connectivity index (χ4n) is 1.54. The van der Waals surface area contributed by atoms with Crippen LogP contribution >= 0.6 is 34.8 Å². The number of fused-ring (bicyclic) bond motifs is 1. The molecule has 0 aliphatic carbocycles. The quantitative estimate of drug-likeness (QED) is 0.476. The van der Waals surface area contributed by atoms with Crippen molar-refractivity contribution >= 4 is 51.4 Å². The summed E-state index contributed by atoms with van der Waals surface area (Å²) in [7, 11) is 1.43. The minimum atomic E-state index is -0.690. The first kappa shape index (κ1) is 13.1. The zero-order chi connectivity index (χ0) is 13.4. The van der Waals surface area contributed by atoms with Gasteiger partial charge in [0.15, 0.2) is 0 Å². The van der Waals surface area contributed by atoms with E-state index in [9.17, 15) is 10.1 Å². The molecule has 2 aromatic rings. The summed E-state index contributed by atoms with van der Waals surface area (Å²) < 4.78 is 5.08. The molecular formula is C10H5Cl3N2O3. The summed E-state index contributed by atoms with van der Waals surface area (Å²) in [4.78, 5) is 14.1. The molecule has 0 saturated heterocycles. The van der Waals surface area contributed by atoms with Crippen LogP contribution in [0.15, 0.2) is 12.1 Å². The fourth-order valence-corrected chi connectivity index (χ4v) is 2.34. The molecule has 1 aromatic carbocycles. The van der Waals surface area contributed by atoms with E-state index in [0.29, 0.717) is 21.7 Å². The molecule has 0 bridgehead atoms. The number of benzene rings is 1. The molecule has 0 radical (unpaired) electrons. The smallest absolute Gasteiger partial charge is 0.325 e. The van der Waals surface area contributed by atoms with E-state index in [0.717, 1.165) is 0 Å². The van der Waals surface area contributed by atoms with Gasteiger partial charge in [-0.2, -0.15) is 0 Å². The molecule has 0 unspecified atom stereocenters. The third-order valence-corrected chi connectivity index (χ3v) is 3.16. The van der Waals surface area contributed by atoms with Gasteiger partial charge in [-0.25, -0.2) is 4.98 Å². The molecule has 2 rings (SSSR count). The molecule has 0 fully saturated rings. The summed E-state index contributed by atoms with van der Waals surface area (Å²) in [5.41, 5.74) is -0.127. The highest BCUT2D eigenvalue weighted by Gasteiger charge is 2.24. The van der Waals surface area contributed by atoms with Crippen molar-refractivity contribution < 1.29 is 9.66 Å². The summed E-state index contributed by atoms with van der Waals surface area (Å²) in [5, 5.41) is 11.1. The van der Waals surface area contributed by atoms with Crippen LogP contribution in [0.2, 0.25) is 15.2 Å². The minimum Gasteiger partial charge on any atom is -0.494 e. The maximum Gasteiger partial charge on any atom is 0.325 e. The van der Waals surface area contributed by atoms with E-state index in [1.54, 1.807) is 0 Å². The lowest BCUT2D eigenvalue weighted by atomic mass is 10.2. The van der Waals surface area contributed by atoms with Gasteiger partial charge in [-0.05, 0) is 6.07 Å². The molecule has 0 aliphatic rings. The SMILES string of the molecule is COc1cc(Cl)cc2c(Cl)c([N+](=O)[O-])c(Cl)nc12. The number of rotatable bonds is 2. The number of halogens is 3. The lowest BCUT2D eigenvalue weighted by molar-refractivity contribution is -0.384. The molecule has 8 heteroatoms. The van der Waals surface area contributed by atoms with Crippen LogP contribution in [0.4, 0.5) is 5.69 Å². The van der Waals surface area contributed by atoms with Crippen LogP contribution < -0.4 is 4.74 Å². The summed E-state index contributed by atoms with van der Waals surface area (Å²) in [5.74, 6) is 0.344. The molecule has 0 N–H and O–H groups in total. The first-order chi connectivity index (χ1) is 8.45. The molecule has 18 heavy (non-hydrogen) atoms. The van der Waals surface area contributed by atoms with Crippen molar-refractivity contribution in [1.82, 2.24) is 4.98 Å².